The molecule has 0 aliphatic heterocycles. The monoisotopic (exact) mass is 299 g/mol. The molecular formula is C16H14ClN3O. The quantitative estimate of drug-likeness (QED) is 0.804. The molecule has 1 amide bonds. The summed E-state index contributed by atoms with van der Waals surface area (Å²) in [5, 5.41) is 4.70. The molecule has 106 valence electrons. The Balaban J connectivity index is 1.65. The van der Waals surface area contributed by atoms with Crippen molar-refractivity contribution in [1.29, 1.82) is 0 Å². The summed E-state index contributed by atoms with van der Waals surface area (Å²) in [6.45, 7) is 1.22. The molecule has 0 aliphatic carbocycles. The van der Waals surface area contributed by atoms with E-state index in [1.165, 1.54) is 0 Å². The molecule has 1 aromatic carbocycles. The number of nitrogens with zero attached hydrogens (tertiary/aromatic N) is 2. The highest BCUT2D eigenvalue weighted by molar-refractivity contribution is 6.31. The maximum Gasteiger partial charge on any atom is 0.269 e. The first kappa shape index (κ1) is 13.6. The van der Waals surface area contributed by atoms with E-state index in [1.54, 1.807) is 24.4 Å². The minimum atomic E-state index is -0.162. The van der Waals surface area contributed by atoms with Crippen LogP contribution < -0.4 is 5.32 Å². The Labute approximate surface area is 127 Å². The van der Waals surface area contributed by atoms with Crippen LogP contribution in [0.1, 0.15) is 10.5 Å². The van der Waals surface area contributed by atoms with E-state index in [0.717, 1.165) is 10.9 Å². The molecule has 0 radical (unpaired) electrons. The molecule has 3 aromatic rings. The SMILES string of the molecule is O=C(NCCn1ccc2ccc(Cl)cc21)c1ccccn1. The van der Waals surface area contributed by atoms with E-state index >= 15 is 0 Å². The lowest BCUT2D eigenvalue weighted by molar-refractivity contribution is 0.0947. The Kier molecular flexibility index (Phi) is 3.88. The summed E-state index contributed by atoms with van der Waals surface area (Å²) in [4.78, 5) is 15.9. The number of amides is 1. The largest absolute Gasteiger partial charge is 0.349 e. The third-order valence-electron chi connectivity index (χ3n) is 3.27. The molecule has 2 heterocycles. The van der Waals surface area contributed by atoms with Gasteiger partial charge in [0.05, 0.1) is 0 Å². The van der Waals surface area contributed by atoms with E-state index in [4.69, 9.17) is 11.6 Å². The van der Waals surface area contributed by atoms with E-state index in [0.29, 0.717) is 23.8 Å². The number of hydrogen-bond acceptors (Lipinski definition) is 2. The number of benzene rings is 1. The highest BCUT2D eigenvalue weighted by atomic mass is 35.5. The van der Waals surface area contributed by atoms with Crippen LogP contribution in [-0.2, 0) is 6.54 Å². The molecule has 0 aliphatic rings. The summed E-state index contributed by atoms with van der Waals surface area (Å²) in [5.74, 6) is -0.162. The number of rotatable bonds is 4. The fourth-order valence-electron chi connectivity index (χ4n) is 2.23. The van der Waals surface area contributed by atoms with E-state index in [2.05, 4.69) is 14.9 Å². The van der Waals surface area contributed by atoms with Gasteiger partial charge in [-0.3, -0.25) is 9.78 Å². The van der Waals surface area contributed by atoms with Gasteiger partial charge in [-0.2, -0.15) is 0 Å². The average molecular weight is 300 g/mol. The lowest BCUT2D eigenvalue weighted by atomic mass is 10.2. The van der Waals surface area contributed by atoms with Crippen molar-refractivity contribution in [3.63, 3.8) is 0 Å². The lowest BCUT2D eigenvalue weighted by Crippen LogP contribution is -2.27. The number of halogens is 1. The second-order valence-corrected chi connectivity index (χ2v) is 5.12. The van der Waals surface area contributed by atoms with Crippen LogP contribution in [0.5, 0.6) is 0 Å². The summed E-state index contributed by atoms with van der Waals surface area (Å²) >= 11 is 6.02. The van der Waals surface area contributed by atoms with E-state index in [9.17, 15) is 4.79 Å². The third-order valence-corrected chi connectivity index (χ3v) is 3.51. The predicted octanol–water partition coefficient (Wildman–Crippen LogP) is 3.12. The zero-order valence-electron chi connectivity index (χ0n) is 11.3. The van der Waals surface area contributed by atoms with E-state index in [1.807, 2.05) is 30.5 Å². The first-order chi connectivity index (χ1) is 10.2. The fraction of sp³-hybridized carbons (Fsp3) is 0.125. The van der Waals surface area contributed by atoms with Gasteiger partial charge < -0.3 is 9.88 Å². The van der Waals surface area contributed by atoms with Crippen LogP contribution >= 0.6 is 11.6 Å². The van der Waals surface area contributed by atoms with Gasteiger partial charge >= 0.3 is 0 Å². The zero-order chi connectivity index (χ0) is 14.7. The van der Waals surface area contributed by atoms with Crippen molar-refractivity contribution in [2.24, 2.45) is 0 Å². The predicted molar refractivity (Wildman–Crippen MR) is 83.5 cm³/mol. The molecule has 0 spiro atoms. The van der Waals surface area contributed by atoms with Gasteiger partial charge in [-0.05, 0) is 35.7 Å². The van der Waals surface area contributed by atoms with Crippen LogP contribution in [0.15, 0.2) is 54.9 Å². The third kappa shape index (κ3) is 3.06. The normalized spacial score (nSPS) is 10.7. The number of hydrogen-bond donors (Lipinski definition) is 1. The molecule has 0 atom stereocenters. The highest BCUT2D eigenvalue weighted by Crippen LogP contribution is 2.20. The van der Waals surface area contributed by atoms with Crippen LogP contribution in [-0.4, -0.2) is 22.0 Å². The Morgan fingerprint density at radius 1 is 1.24 bits per heavy atom. The Bertz CT molecular complexity index is 768. The summed E-state index contributed by atoms with van der Waals surface area (Å²) < 4.78 is 2.07. The van der Waals surface area contributed by atoms with Gasteiger partial charge in [-0.15, -0.1) is 0 Å². The topological polar surface area (TPSA) is 46.9 Å². The van der Waals surface area contributed by atoms with Crippen LogP contribution in [0.2, 0.25) is 5.02 Å². The Morgan fingerprint density at radius 2 is 2.14 bits per heavy atom. The van der Waals surface area contributed by atoms with Crippen LogP contribution in [0.4, 0.5) is 0 Å². The summed E-state index contributed by atoms with van der Waals surface area (Å²) in [7, 11) is 0. The number of nitrogens with one attached hydrogen (secondary N) is 1. The molecule has 21 heavy (non-hydrogen) atoms. The van der Waals surface area contributed by atoms with Crippen LogP contribution in [0, 0.1) is 0 Å². The van der Waals surface area contributed by atoms with Gasteiger partial charge in [-0.1, -0.05) is 23.7 Å². The summed E-state index contributed by atoms with van der Waals surface area (Å²) in [6.07, 6.45) is 3.60. The molecule has 3 rings (SSSR count). The molecule has 0 saturated heterocycles. The van der Waals surface area contributed by atoms with Gasteiger partial charge in [0.1, 0.15) is 5.69 Å². The summed E-state index contributed by atoms with van der Waals surface area (Å²) in [6, 6.07) is 13.1. The van der Waals surface area contributed by atoms with Gasteiger partial charge in [0.25, 0.3) is 5.91 Å². The smallest absolute Gasteiger partial charge is 0.269 e. The number of carbonyl (C=O) groups is 1. The van der Waals surface area contributed by atoms with Crippen molar-refractivity contribution < 1.29 is 4.79 Å². The maximum absolute atomic E-state index is 11.9. The molecule has 1 N–H and O–H groups in total. The molecule has 0 bridgehead atoms. The Hall–Kier alpha value is -2.33. The van der Waals surface area contributed by atoms with Gasteiger partial charge in [0.15, 0.2) is 0 Å². The maximum atomic E-state index is 11.9. The van der Waals surface area contributed by atoms with Crippen molar-refractivity contribution in [2.75, 3.05) is 6.54 Å². The highest BCUT2D eigenvalue weighted by Gasteiger charge is 2.06. The van der Waals surface area contributed by atoms with Crippen molar-refractivity contribution >= 4 is 28.4 Å². The Morgan fingerprint density at radius 3 is 2.95 bits per heavy atom. The molecule has 4 nitrogen and oxygen atoms in total. The van der Waals surface area contributed by atoms with Crippen molar-refractivity contribution in [3.8, 4) is 0 Å². The molecule has 2 aromatic heterocycles. The van der Waals surface area contributed by atoms with E-state index < -0.39 is 0 Å². The molecule has 0 unspecified atom stereocenters. The number of carbonyl (C=O) groups excluding carboxylic acids is 1. The molecular weight excluding hydrogens is 286 g/mol. The second kappa shape index (κ2) is 5.97. The van der Waals surface area contributed by atoms with Gasteiger partial charge in [-0.25, -0.2) is 0 Å². The molecule has 5 heteroatoms. The molecule has 0 saturated carbocycles. The zero-order valence-corrected chi connectivity index (χ0v) is 12.0. The average Bonchev–Trinajstić information content (AvgIpc) is 2.90. The van der Waals surface area contributed by atoms with Crippen molar-refractivity contribution in [3.05, 3.63) is 65.6 Å². The standard InChI is InChI=1S/C16H14ClN3O/c17-13-5-4-12-6-9-20(15(12)11-13)10-8-19-16(21)14-3-1-2-7-18-14/h1-7,9,11H,8,10H2,(H,19,21). The number of aromatic nitrogens is 2. The van der Waals surface area contributed by atoms with Crippen molar-refractivity contribution in [2.45, 2.75) is 6.54 Å². The second-order valence-electron chi connectivity index (χ2n) is 4.68. The van der Waals surface area contributed by atoms with Gasteiger partial charge in [0.2, 0.25) is 0 Å². The minimum absolute atomic E-state index is 0.162. The van der Waals surface area contributed by atoms with E-state index in [-0.39, 0.29) is 5.91 Å². The minimum Gasteiger partial charge on any atom is -0.349 e. The first-order valence-electron chi connectivity index (χ1n) is 6.68. The fourth-order valence-corrected chi connectivity index (χ4v) is 2.40. The van der Waals surface area contributed by atoms with Crippen LogP contribution in [0.3, 0.4) is 0 Å². The van der Waals surface area contributed by atoms with Crippen LogP contribution in [0.25, 0.3) is 10.9 Å². The number of fused-ring (bicyclic) bond motifs is 1. The first-order valence-corrected chi connectivity index (χ1v) is 7.05. The number of pyridine rings is 1. The lowest BCUT2D eigenvalue weighted by Gasteiger charge is -2.07. The molecule has 0 fully saturated rings. The van der Waals surface area contributed by atoms with Gasteiger partial charge in [0, 0.05) is 36.0 Å². The van der Waals surface area contributed by atoms with Crippen molar-refractivity contribution in [1.82, 2.24) is 14.9 Å². The summed E-state index contributed by atoms with van der Waals surface area (Å²) in [5.41, 5.74) is 1.49.